The Labute approximate surface area is 208 Å². The standard InChI is InChI=1S/C24H14F2N4O6S/c25-19-7-5-16(10-20(19)26)29-22(31)13-37(35,36)24(29)18-9-17(30(33)34)6-8-21(18)28(23(24)32)12-15-3-1-14(11-27)2-4-15/h1-10H,12-13H2. The van der Waals surface area contributed by atoms with E-state index in [0.29, 0.717) is 28.2 Å². The van der Waals surface area contributed by atoms with Crippen LogP contribution >= 0.6 is 0 Å². The van der Waals surface area contributed by atoms with Crippen molar-refractivity contribution in [2.24, 2.45) is 0 Å². The molecule has 1 spiro atoms. The molecule has 5 rings (SSSR count). The van der Waals surface area contributed by atoms with Crippen LogP contribution in [0.15, 0.2) is 60.7 Å². The van der Waals surface area contributed by atoms with Gasteiger partial charge in [-0.1, -0.05) is 12.1 Å². The first-order valence-electron chi connectivity index (χ1n) is 10.6. The summed E-state index contributed by atoms with van der Waals surface area (Å²) in [6.07, 6.45) is 0. The Morgan fingerprint density at radius 3 is 2.35 bits per heavy atom. The number of nitriles is 1. The molecule has 1 atom stereocenters. The van der Waals surface area contributed by atoms with Gasteiger partial charge in [-0.25, -0.2) is 17.2 Å². The van der Waals surface area contributed by atoms with E-state index < -0.39 is 60.2 Å². The van der Waals surface area contributed by atoms with Crippen molar-refractivity contribution in [1.82, 2.24) is 0 Å². The highest BCUT2D eigenvalue weighted by Crippen LogP contribution is 2.53. The van der Waals surface area contributed by atoms with Crippen LogP contribution in [0.3, 0.4) is 0 Å². The van der Waals surface area contributed by atoms with E-state index in [1.165, 1.54) is 18.2 Å². The van der Waals surface area contributed by atoms with Crippen molar-refractivity contribution < 1.29 is 31.7 Å². The third-order valence-electron chi connectivity index (χ3n) is 6.29. The van der Waals surface area contributed by atoms with Gasteiger partial charge in [-0.3, -0.25) is 24.6 Å². The van der Waals surface area contributed by atoms with Gasteiger partial charge >= 0.3 is 0 Å². The summed E-state index contributed by atoms with van der Waals surface area (Å²) < 4.78 is 55.0. The second kappa shape index (κ2) is 8.17. The van der Waals surface area contributed by atoms with Gasteiger partial charge < -0.3 is 4.90 Å². The number of nitro benzene ring substituents is 1. The number of amides is 2. The van der Waals surface area contributed by atoms with Crippen LogP contribution in [0, 0.1) is 33.1 Å². The van der Waals surface area contributed by atoms with E-state index in [4.69, 9.17) is 5.26 Å². The molecule has 2 amide bonds. The first kappa shape index (κ1) is 24.0. The largest absolute Gasteiger partial charge is 0.304 e. The summed E-state index contributed by atoms with van der Waals surface area (Å²) in [4.78, 5) is 36.7. The number of rotatable bonds is 4. The average molecular weight is 524 g/mol. The highest BCUT2D eigenvalue weighted by atomic mass is 32.2. The molecular weight excluding hydrogens is 510 g/mol. The lowest BCUT2D eigenvalue weighted by atomic mass is 10.0. The number of benzene rings is 3. The van der Waals surface area contributed by atoms with Crippen molar-refractivity contribution >= 4 is 38.7 Å². The highest BCUT2D eigenvalue weighted by Gasteiger charge is 2.70. The monoisotopic (exact) mass is 524 g/mol. The molecular formula is C24H14F2N4O6S. The minimum atomic E-state index is -4.69. The summed E-state index contributed by atoms with van der Waals surface area (Å²) in [5, 5.41) is 20.6. The Morgan fingerprint density at radius 2 is 1.73 bits per heavy atom. The number of hydrogen-bond donors (Lipinski definition) is 0. The van der Waals surface area contributed by atoms with Crippen LogP contribution in [0.25, 0.3) is 0 Å². The molecule has 13 heteroatoms. The molecule has 10 nitrogen and oxygen atoms in total. The van der Waals surface area contributed by atoms with E-state index in [-0.39, 0.29) is 17.8 Å². The topological polar surface area (TPSA) is 142 Å². The van der Waals surface area contributed by atoms with Gasteiger partial charge in [-0.2, -0.15) is 5.26 Å². The zero-order valence-electron chi connectivity index (χ0n) is 18.6. The fourth-order valence-corrected chi connectivity index (χ4v) is 6.71. The van der Waals surface area contributed by atoms with E-state index in [1.807, 2.05) is 6.07 Å². The van der Waals surface area contributed by atoms with Gasteiger partial charge in [0.2, 0.25) is 5.91 Å². The fourth-order valence-electron chi connectivity index (χ4n) is 4.69. The number of anilines is 2. The molecule has 0 N–H and O–H groups in total. The third kappa shape index (κ3) is 3.37. The molecule has 2 aliphatic heterocycles. The predicted molar refractivity (Wildman–Crippen MR) is 125 cm³/mol. The molecule has 3 aromatic carbocycles. The van der Waals surface area contributed by atoms with Gasteiger partial charge in [0.25, 0.3) is 16.5 Å². The number of non-ortho nitro benzene ring substituents is 1. The molecule has 0 saturated carbocycles. The smallest absolute Gasteiger partial charge is 0.274 e. The molecule has 2 aliphatic rings. The zero-order chi connectivity index (χ0) is 26.7. The number of sulfone groups is 1. The van der Waals surface area contributed by atoms with Crippen LogP contribution < -0.4 is 9.80 Å². The number of carbonyl (C=O) groups excluding carboxylic acids is 2. The second-order valence-electron chi connectivity index (χ2n) is 8.39. The minimum Gasteiger partial charge on any atom is -0.304 e. The summed E-state index contributed by atoms with van der Waals surface area (Å²) in [6, 6.07) is 13.4. The Morgan fingerprint density at radius 1 is 1.03 bits per heavy atom. The molecule has 0 aliphatic carbocycles. The van der Waals surface area contributed by atoms with Crippen LogP contribution in [-0.4, -0.2) is 30.9 Å². The van der Waals surface area contributed by atoms with E-state index in [9.17, 15) is 36.9 Å². The van der Waals surface area contributed by atoms with Crippen LogP contribution in [0.5, 0.6) is 0 Å². The van der Waals surface area contributed by atoms with Gasteiger partial charge in [0, 0.05) is 29.4 Å². The third-order valence-corrected chi connectivity index (χ3v) is 8.40. The fraction of sp³-hybridized carbons (Fsp3) is 0.125. The van der Waals surface area contributed by atoms with Crippen molar-refractivity contribution in [2.45, 2.75) is 11.4 Å². The Balaban J connectivity index is 1.77. The van der Waals surface area contributed by atoms with E-state index in [2.05, 4.69) is 0 Å². The van der Waals surface area contributed by atoms with Gasteiger partial charge in [-0.15, -0.1) is 0 Å². The van der Waals surface area contributed by atoms with Crippen LogP contribution in [0.4, 0.5) is 25.8 Å². The number of nitrogens with zero attached hydrogens (tertiary/aromatic N) is 4. The van der Waals surface area contributed by atoms with Crippen molar-refractivity contribution in [2.75, 3.05) is 15.6 Å². The number of carbonyl (C=O) groups is 2. The summed E-state index contributed by atoms with van der Waals surface area (Å²) in [5.41, 5.74) is -0.462. The van der Waals surface area contributed by atoms with Gasteiger partial charge in [-0.05, 0) is 35.9 Å². The summed E-state index contributed by atoms with van der Waals surface area (Å²) in [5.74, 6) is -5.97. The lowest BCUT2D eigenvalue weighted by Crippen LogP contribution is -2.54. The van der Waals surface area contributed by atoms with Gasteiger partial charge in [0.1, 0.15) is 5.75 Å². The number of nitro groups is 1. The molecule has 1 fully saturated rings. The molecule has 1 saturated heterocycles. The van der Waals surface area contributed by atoms with Crippen LogP contribution in [0.2, 0.25) is 0 Å². The quantitative estimate of drug-likeness (QED) is 0.377. The first-order valence-corrected chi connectivity index (χ1v) is 12.3. The van der Waals surface area contributed by atoms with Crippen molar-refractivity contribution in [3.8, 4) is 6.07 Å². The molecule has 1 unspecified atom stereocenters. The maximum Gasteiger partial charge on any atom is 0.274 e. The normalized spacial score (nSPS) is 19.8. The second-order valence-corrected chi connectivity index (χ2v) is 10.5. The molecule has 3 aromatic rings. The lowest BCUT2D eigenvalue weighted by molar-refractivity contribution is -0.384. The minimum absolute atomic E-state index is 0.00850. The Kier molecular flexibility index (Phi) is 5.30. The molecule has 0 radical (unpaired) electrons. The van der Waals surface area contributed by atoms with Gasteiger partial charge in [0.05, 0.1) is 28.8 Å². The van der Waals surface area contributed by atoms with E-state index in [1.54, 1.807) is 12.1 Å². The lowest BCUT2D eigenvalue weighted by Gasteiger charge is -2.32. The Hall–Kier alpha value is -4.70. The van der Waals surface area contributed by atoms with E-state index >= 15 is 0 Å². The zero-order valence-corrected chi connectivity index (χ0v) is 19.4. The number of halogens is 2. The molecule has 186 valence electrons. The number of hydrogen-bond acceptors (Lipinski definition) is 7. The molecule has 0 bridgehead atoms. The summed E-state index contributed by atoms with van der Waals surface area (Å²) in [7, 11) is -4.69. The van der Waals surface area contributed by atoms with Crippen LogP contribution in [0.1, 0.15) is 16.7 Å². The van der Waals surface area contributed by atoms with Crippen molar-refractivity contribution in [3.05, 3.63) is 99.1 Å². The molecule has 2 heterocycles. The molecule has 37 heavy (non-hydrogen) atoms. The maximum absolute atomic E-state index is 14.1. The highest BCUT2D eigenvalue weighted by molar-refractivity contribution is 7.94. The van der Waals surface area contributed by atoms with Crippen LogP contribution in [-0.2, 0) is 30.8 Å². The number of fused-ring (bicyclic) bond motifs is 2. The predicted octanol–water partition coefficient (Wildman–Crippen LogP) is 2.91. The van der Waals surface area contributed by atoms with Gasteiger partial charge in [0.15, 0.2) is 21.5 Å². The van der Waals surface area contributed by atoms with Crippen molar-refractivity contribution in [3.63, 3.8) is 0 Å². The summed E-state index contributed by atoms with van der Waals surface area (Å²) >= 11 is 0. The molecule has 0 aromatic heterocycles. The maximum atomic E-state index is 14.1. The summed E-state index contributed by atoms with van der Waals surface area (Å²) in [6.45, 7) is -0.202. The first-order chi connectivity index (χ1) is 17.5. The van der Waals surface area contributed by atoms with E-state index in [0.717, 1.165) is 23.1 Å². The average Bonchev–Trinajstić information content (AvgIpc) is 3.23. The Bertz CT molecular complexity index is 1670. The SMILES string of the molecule is N#Cc1ccc(CN2C(=O)C3(c4cc([N+](=O)[O-])ccc42)N(c2ccc(F)c(F)c2)C(=O)CS3(=O)=O)cc1. The van der Waals surface area contributed by atoms with Crippen molar-refractivity contribution in [1.29, 1.82) is 5.26 Å².